The van der Waals surface area contributed by atoms with Crippen LogP contribution in [0.2, 0.25) is 0 Å². The van der Waals surface area contributed by atoms with E-state index in [1.54, 1.807) is 14.0 Å². The molecule has 0 bridgehead atoms. The standard InChI is InChI=1S/C9H17NO4/c1-5-9(12)7(10-6(2)11)4-8(13-3)14-5/h5,7-9,12H,4H2,1-3H3,(H,10,11)/t5-,7+,8-,9-/m0/s1. The van der Waals surface area contributed by atoms with Crippen LogP contribution in [0.4, 0.5) is 0 Å². The summed E-state index contributed by atoms with van der Waals surface area (Å²) in [4.78, 5) is 10.9. The minimum atomic E-state index is -0.676. The molecule has 0 spiro atoms. The quantitative estimate of drug-likeness (QED) is 0.642. The van der Waals surface area contributed by atoms with Crippen LogP contribution >= 0.6 is 0 Å². The van der Waals surface area contributed by atoms with E-state index in [1.165, 1.54) is 6.92 Å². The van der Waals surface area contributed by atoms with E-state index < -0.39 is 6.10 Å². The molecule has 1 amide bonds. The lowest BCUT2D eigenvalue weighted by molar-refractivity contribution is -0.214. The van der Waals surface area contributed by atoms with Gasteiger partial charge in [-0.15, -0.1) is 0 Å². The number of hydrogen-bond donors (Lipinski definition) is 2. The van der Waals surface area contributed by atoms with Gasteiger partial charge in [-0.1, -0.05) is 0 Å². The Morgan fingerprint density at radius 1 is 1.64 bits per heavy atom. The van der Waals surface area contributed by atoms with E-state index in [4.69, 9.17) is 9.47 Å². The van der Waals surface area contributed by atoms with Crippen molar-refractivity contribution in [2.45, 2.75) is 44.8 Å². The number of ether oxygens (including phenoxy) is 2. The van der Waals surface area contributed by atoms with Gasteiger partial charge < -0.3 is 19.9 Å². The van der Waals surface area contributed by atoms with Crippen molar-refractivity contribution in [3.05, 3.63) is 0 Å². The van der Waals surface area contributed by atoms with Crippen LogP contribution in [0.3, 0.4) is 0 Å². The van der Waals surface area contributed by atoms with Crippen LogP contribution in [0.5, 0.6) is 0 Å². The Bertz CT molecular complexity index is 209. The molecule has 0 saturated carbocycles. The summed E-state index contributed by atoms with van der Waals surface area (Å²) in [6.07, 6.45) is -0.886. The summed E-state index contributed by atoms with van der Waals surface area (Å²) in [6.45, 7) is 3.18. The Kier molecular flexibility index (Phi) is 3.86. The maximum Gasteiger partial charge on any atom is 0.217 e. The summed E-state index contributed by atoms with van der Waals surface area (Å²) >= 11 is 0. The van der Waals surface area contributed by atoms with Gasteiger partial charge >= 0.3 is 0 Å². The van der Waals surface area contributed by atoms with Crippen molar-refractivity contribution < 1.29 is 19.4 Å². The Morgan fingerprint density at radius 2 is 2.29 bits per heavy atom. The summed E-state index contributed by atoms with van der Waals surface area (Å²) < 4.78 is 10.4. The highest BCUT2D eigenvalue weighted by molar-refractivity contribution is 5.73. The van der Waals surface area contributed by atoms with E-state index in [-0.39, 0.29) is 24.3 Å². The molecule has 1 aliphatic heterocycles. The van der Waals surface area contributed by atoms with Gasteiger partial charge in [0.25, 0.3) is 0 Å². The van der Waals surface area contributed by atoms with Gasteiger partial charge in [-0.2, -0.15) is 0 Å². The second-order valence-corrected chi connectivity index (χ2v) is 3.54. The van der Waals surface area contributed by atoms with Gasteiger partial charge in [0.05, 0.1) is 12.1 Å². The third-order valence-corrected chi connectivity index (χ3v) is 2.36. The molecule has 14 heavy (non-hydrogen) atoms. The highest BCUT2D eigenvalue weighted by atomic mass is 16.7. The van der Waals surface area contributed by atoms with E-state index in [2.05, 4.69) is 5.32 Å². The number of rotatable bonds is 2. The van der Waals surface area contributed by atoms with Gasteiger partial charge in [0.1, 0.15) is 6.10 Å². The van der Waals surface area contributed by atoms with Crippen molar-refractivity contribution in [2.24, 2.45) is 0 Å². The molecule has 5 nitrogen and oxygen atoms in total. The van der Waals surface area contributed by atoms with Gasteiger partial charge in [0, 0.05) is 20.5 Å². The fraction of sp³-hybridized carbons (Fsp3) is 0.889. The average Bonchev–Trinajstić information content (AvgIpc) is 2.11. The fourth-order valence-corrected chi connectivity index (χ4v) is 1.61. The van der Waals surface area contributed by atoms with E-state index in [9.17, 15) is 9.90 Å². The van der Waals surface area contributed by atoms with E-state index in [0.717, 1.165) is 0 Å². The third-order valence-electron chi connectivity index (χ3n) is 2.36. The molecule has 0 unspecified atom stereocenters. The molecule has 0 aromatic carbocycles. The predicted octanol–water partition coefficient (Wildman–Crippen LogP) is -0.367. The number of nitrogens with one attached hydrogen (secondary N) is 1. The SMILES string of the molecule is CO[C@@H]1C[C@@H](NC(C)=O)[C@@H](O)[C@H](C)O1. The number of aliphatic hydroxyl groups excluding tert-OH is 1. The first-order valence-electron chi connectivity index (χ1n) is 4.68. The molecule has 0 aromatic rings. The monoisotopic (exact) mass is 203 g/mol. The molecular formula is C9H17NO4. The van der Waals surface area contributed by atoms with Crippen LogP contribution in [-0.4, -0.2) is 42.7 Å². The smallest absolute Gasteiger partial charge is 0.217 e. The third kappa shape index (κ3) is 2.67. The topological polar surface area (TPSA) is 67.8 Å². The summed E-state index contributed by atoms with van der Waals surface area (Å²) in [5, 5.41) is 12.4. The van der Waals surface area contributed by atoms with Crippen LogP contribution in [0.1, 0.15) is 20.3 Å². The zero-order valence-corrected chi connectivity index (χ0v) is 8.69. The normalized spacial score (nSPS) is 38.0. The lowest BCUT2D eigenvalue weighted by atomic mass is 9.99. The number of carbonyl (C=O) groups excluding carboxylic acids is 1. The maximum atomic E-state index is 10.9. The number of aliphatic hydroxyl groups is 1. The Hall–Kier alpha value is -0.650. The molecule has 0 radical (unpaired) electrons. The number of carbonyl (C=O) groups is 1. The summed E-state index contributed by atoms with van der Waals surface area (Å²) in [7, 11) is 1.54. The average molecular weight is 203 g/mol. The molecule has 1 fully saturated rings. The first-order chi connectivity index (χ1) is 6.54. The molecule has 1 saturated heterocycles. The molecule has 0 aromatic heterocycles. The molecule has 1 rings (SSSR count). The minimum Gasteiger partial charge on any atom is -0.388 e. The van der Waals surface area contributed by atoms with Crippen molar-refractivity contribution >= 4 is 5.91 Å². The number of hydrogen-bond acceptors (Lipinski definition) is 4. The molecular weight excluding hydrogens is 186 g/mol. The van der Waals surface area contributed by atoms with Gasteiger partial charge in [-0.05, 0) is 6.92 Å². The van der Waals surface area contributed by atoms with Crippen molar-refractivity contribution in [3.63, 3.8) is 0 Å². The lowest BCUT2D eigenvalue weighted by Crippen LogP contribution is -2.54. The van der Waals surface area contributed by atoms with Gasteiger partial charge in [-0.25, -0.2) is 0 Å². The van der Waals surface area contributed by atoms with Crippen molar-refractivity contribution in [1.29, 1.82) is 0 Å². The molecule has 82 valence electrons. The summed E-state index contributed by atoms with van der Waals surface area (Å²) in [5.41, 5.74) is 0. The zero-order chi connectivity index (χ0) is 10.7. The molecule has 0 aliphatic carbocycles. The maximum absolute atomic E-state index is 10.9. The zero-order valence-electron chi connectivity index (χ0n) is 8.69. The first-order valence-corrected chi connectivity index (χ1v) is 4.68. The Balaban J connectivity index is 2.57. The van der Waals surface area contributed by atoms with E-state index in [0.29, 0.717) is 6.42 Å². The molecule has 4 atom stereocenters. The second-order valence-electron chi connectivity index (χ2n) is 3.54. The van der Waals surface area contributed by atoms with Crippen molar-refractivity contribution in [3.8, 4) is 0 Å². The first kappa shape index (κ1) is 11.4. The van der Waals surface area contributed by atoms with Crippen molar-refractivity contribution in [2.75, 3.05) is 7.11 Å². The van der Waals surface area contributed by atoms with Crippen LogP contribution in [-0.2, 0) is 14.3 Å². The molecule has 1 aliphatic rings. The highest BCUT2D eigenvalue weighted by Crippen LogP contribution is 2.20. The number of amides is 1. The van der Waals surface area contributed by atoms with E-state index >= 15 is 0 Å². The summed E-state index contributed by atoms with van der Waals surface area (Å²) in [6, 6.07) is -0.291. The largest absolute Gasteiger partial charge is 0.388 e. The van der Waals surface area contributed by atoms with Crippen LogP contribution in [0.15, 0.2) is 0 Å². The fourth-order valence-electron chi connectivity index (χ4n) is 1.61. The predicted molar refractivity (Wildman–Crippen MR) is 49.6 cm³/mol. The molecule has 5 heteroatoms. The van der Waals surface area contributed by atoms with Gasteiger partial charge in [-0.3, -0.25) is 4.79 Å². The van der Waals surface area contributed by atoms with Gasteiger partial charge in [0.2, 0.25) is 5.91 Å². The number of methoxy groups -OCH3 is 1. The van der Waals surface area contributed by atoms with Crippen LogP contribution < -0.4 is 5.32 Å². The highest BCUT2D eigenvalue weighted by Gasteiger charge is 2.35. The summed E-state index contributed by atoms with van der Waals surface area (Å²) in [5.74, 6) is -0.155. The van der Waals surface area contributed by atoms with Crippen LogP contribution in [0.25, 0.3) is 0 Å². The Labute approximate surface area is 83.4 Å². The van der Waals surface area contributed by atoms with Crippen LogP contribution in [0, 0.1) is 0 Å². The van der Waals surface area contributed by atoms with Gasteiger partial charge in [0.15, 0.2) is 6.29 Å². The molecule has 1 heterocycles. The molecule has 2 N–H and O–H groups in total. The van der Waals surface area contributed by atoms with Crippen molar-refractivity contribution in [1.82, 2.24) is 5.32 Å². The lowest BCUT2D eigenvalue weighted by Gasteiger charge is -2.37. The van der Waals surface area contributed by atoms with E-state index in [1.807, 2.05) is 0 Å². The minimum absolute atomic E-state index is 0.155. The second kappa shape index (κ2) is 4.72. The Morgan fingerprint density at radius 3 is 2.79 bits per heavy atom.